The number of rotatable bonds is 6. The van der Waals surface area contributed by atoms with Crippen LogP contribution in [0.25, 0.3) is 11.0 Å². The predicted octanol–water partition coefficient (Wildman–Crippen LogP) is 3.65. The minimum Gasteiger partial charge on any atom is -0.395 e. The number of hydrogen-bond acceptors (Lipinski definition) is 3. The Morgan fingerprint density at radius 3 is 2.83 bits per heavy atom. The number of aryl methyl sites for hydroxylation is 1. The van der Waals surface area contributed by atoms with E-state index in [-0.39, 0.29) is 18.3 Å². The Bertz CT molecular complexity index is 983. The fourth-order valence-corrected chi connectivity index (χ4v) is 4.17. The van der Waals surface area contributed by atoms with E-state index in [0.29, 0.717) is 18.0 Å². The lowest BCUT2D eigenvalue weighted by molar-refractivity contribution is 0.0668. The maximum Gasteiger partial charge on any atom is 0.253 e. The van der Waals surface area contributed by atoms with Crippen molar-refractivity contribution in [3.05, 3.63) is 65.7 Å². The van der Waals surface area contributed by atoms with Gasteiger partial charge in [0.05, 0.1) is 24.0 Å². The number of halogens is 1. The highest BCUT2D eigenvalue weighted by atomic mass is 19.1. The molecule has 1 saturated heterocycles. The second-order valence-corrected chi connectivity index (χ2v) is 7.79. The zero-order chi connectivity index (χ0) is 20.2. The van der Waals surface area contributed by atoms with Crippen molar-refractivity contribution >= 4 is 16.9 Å². The van der Waals surface area contributed by atoms with Crippen LogP contribution in [0.1, 0.15) is 35.2 Å². The second kappa shape index (κ2) is 8.74. The number of benzene rings is 2. The largest absolute Gasteiger partial charge is 0.395 e. The predicted molar refractivity (Wildman–Crippen MR) is 110 cm³/mol. The number of imidazole rings is 1. The van der Waals surface area contributed by atoms with Gasteiger partial charge in [0.2, 0.25) is 0 Å². The number of carbonyl (C=O) groups is 1. The van der Waals surface area contributed by atoms with Crippen LogP contribution >= 0.6 is 0 Å². The molecule has 1 fully saturated rings. The van der Waals surface area contributed by atoms with Gasteiger partial charge in [0, 0.05) is 25.2 Å². The van der Waals surface area contributed by atoms with E-state index in [4.69, 9.17) is 5.11 Å². The lowest BCUT2D eigenvalue weighted by Gasteiger charge is -2.33. The SMILES string of the molecule is O=C(c1ccc2c(c1)ncn2CCO)N1CCCC(CCc2ccc(F)cc2)C1. The fraction of sp³-hybridized carbons (Fsp3) is 0.391. The first kappa shape index (κ1) is 19.6. The van der Waals surface area contributed by atoms with Gasteiger partial charge in [-0.3, -0.25) is 4.79 Å². The average molecular weight is 395 g/mol. The summed E-state index contributed by atoms with van der Waals surface area (Å²) in [5, 5.41) is 9.14. The van der Waals surface area contributed by atoms with Gasteiger partial charge in [0.25, 0.3) is 5.91 Å². The molecule has 3 aromatic rings. The van der Waals surface area contributed by atoms with E-state index >= 15 is 0 Å². The van der Waals surface area contributed by atoms with Crippen LogP contribution in [-0.2, 0) is 13.0 Å². The summed E-state index contributed by atoms with van der Waals surface area (Å²) >= 11 is 0. The van der Waals surface area contributed by atoms with Crippen molar-refractivity contribution in [2.24, 2.45) is 5.92 Å². The molecule has 0 spiro atoms. The lowest BCUT2D eigenvalue weighted by Crippen LogP contribution is -2.40. The second-order valence-electron chi connectivity index (χ2n) is 7.79. The van der Waals surface area contributed by atoms with Crippen LogP contribution in [0.2, 0.25) is 0 Å². The molecular weight excluding hydrogens is 369 g/mol. The number of carbonyl (C=O) groups excluding carboxylic acids is 1. The first-order valence-electron chi connectivity index (χ1n) is 10.2. The summed E-state index contributed by atoms with van der Waals surface area (Å²) in [4.78, 5) is 19.4. The zero-order valence-corrected chi connectivity index (χ0v) is 16.4. The van der Waals surface area contributed by atoms with Crippen LogP contribution in [0.5, 0.6) is 0 Å². The summed E-state index contributed by atoms with van der Waals surface area (Å²) < 4.78 is 14.9. The Labute approximate surface area is 169 Å². The number of amides is 1. The van der Waals surface area contributed by atoms with Gasteiger partial charge < -0.3 is 14.6 Å². The molecule has 2 heterocycles. The summed E-state index contributed by atoms with van der Waals surface area (Å²) in [5.74, 6) is 0.307. The highest BCUT2D eigenvalue weighted by molar-refractivity contribution is 5.97. The van der Waals surface area contributed by atoms with E-state index in [1.165, 1.54) is 12.1 Å². The maximum atomic E-state index is 13.1. The molecule has 1 aromatic heterocycles. The molecule has 1 amide bonds. The fourth-order valence-electron chi connectivity index (χ4n) is 4.17. The molecule has 6 heteroatoms. The standard InChI is InChI=1S/C23H26FN3O2/c24-20-8-5-17(6-9-20)3-4-18-2-1-11-26(15-18)23(29)19-7-10-22-21(14-19)25-16-27(22)12-13-28/h5-10,14,16,18,28H,1-4,11-13,15H2. The van der Waals surface area contributed by atoms with E-state index in [9.17, 15) is 9.18 Å². The van der Waals surface area contributed by atoms with Gasteiger partial charge in [0.15, 0.2) is 0 Å². The molecule has 0 bridgehead atoms. The molecule has 1 N–H and O–H groups in total. The highest BCUT2D eigenvalue weighted by Gasteiger charge is 2.24. The van der Waals surface area contributed by atoms with Crippen molar-refractivity contribution < 1.29 is 14.3 Å². The smallest absolute Gasteiger partial charge is 0.253 e. The summed E-state index contributed by atoms with van der Waals surface area (Å²) in [7, 11) is 0. The van der Waals surface area contributed by atoms with E-state index in [2.05, 4.69) is 4.98 Å². The van der Waals surface area contributed by atoms with Gasteiger partial charge >= 0.3 is 0 Å². The van der Waals surface area contributed by atoms with Gasteiger partial charge in [0.1, 0.15) is 5.82 Å². The number of aliphatic hydroxyl groups is 1. The Morgan fingerprint density at radius 1 is 1.21 bits per heavy atom. The highest BCUT2D eigenvalue weighted by Crippen LogP contribution is 2.24. The number of piperidine rings is 1. The van der Waals surface area contributed by atoms with Crippen molar-refractivity contribution in [1.82, 2.24) is 14.5 Å². The zero-order valence-electron chi connectivity index (χ0n) is 16.4. The lowest BCUT2D eigenvalue weighted by atomic mass is 9.91. The van der Waals surface area contributed by atoms with Crippen molar-refractivity contribution in [1.29, 1.82) is 0 Å². The molecule has 1 aliphatic rings. The average Bonchev–Trinajstić information content (AvgIpc) is 3.15. The Balaban J connectivity index is 1.40. The molecule has 152 valence electrons. The third kappa shape index (κ3) is 4.48. The topological polar surface area (TPSA) is 58.4 Å². The number of likely N-dealkylation sites (tertiary alicyclic amines) is 1. The molecule has 29 heavy (non-hydrogen) atoms. The van der Waals surface area contributed by atoms with Crippen LogP contribution in [0.4, 0.5) is 4.39 Å². The molecule has 0 aliphatic carbocycles. The van der Waals surface area contributed by atoms with Crippen molar-refractivity contribution in [2.45, 2.75) is 32.2 Å². The van der Waals surface area contributed by atoms with E-state index in [0.717, 1.165) is 55.4 Å². The van der Waals surface area contributed by atoms with E-state index in [1.807, 2.05) is 39.8 Å². The van der Waals surface area contributed by atoms with Crippen LogP contribution in [0.15, 0.2) is 48.8 Å². The summed E-state index contributed by atoms with van der Waals surface area (Å²) in [6, 6.07) is 12.3. The van der Waals surface area contributed by atoms with Crippen LogP contribution in [0.3, 0.4) is 0 Å². The van der Waals surface area contributed by atoms with Crippen molar-refractivity contribution in [3.63, 3.8) is 0 Å². The number of hydrogen-bond donors (Lipinski definition) is 1. The minimum absolute atomic E-state index is 0.0510. The molecule has 4 rings (SSSR count). The molecular formula is C23H26FN3O2. The normalized spacial score (nSPS) is 17.0. The van der Waals surface area contributed by atoms with Gasteiger partial charge in [-0.05, 0) is 67.5 Å². The van der Waals surface area contributed by atoms with Crippen molar-refractivity contribution in [2.75, 3.05) is 19.7 Å². The molecule has 5 nitrogen and oxygen atoms in total. The minimum atomic E-state index is -0.207. The van der Waals surface area contributed by atoms with Gasteiger partial charge in [-0.15, -0.1) is 0 Å². The van der Waals surface area contributed by atoms with Gasteiger partial charge in [-0.25, -0.2) is 9.37 Å². The van der Waals surface area contributed by atoms with Crippen molar-refractivity contribution in [3.8, 4) is 0 Å². The quantitative estimate of drug-likeness (QED) is 0.693. The Kier molecular flexibility index (Phi) is 5.90. The third-order valence-corrected chi connectivity index (χ3v) is 5.77. The molecule has 2 aromatic carbocycles. The molecule has 1 aliphatic heterocycles. The summed E-state index contributed by atoms with van der Waals surface area (Å²) in [5.41, 5.74) is 3.49. The monoisotopic (exact) mass is 395 g/mol. The summed E-state index contributed by atoms with van der Waals surface area (Å²) in [6.07, 6.45) is 5.73. The number of aromatic nitrogens is 2. The first-order chi connectivity index (χ1) is 14.1. The van der Waals surface area contributed by atoms with E-state index in [1.54, 1.807) is 6.33 Å². The number of fused-ring (bicyclic) bond motifs is 1. The molecule has 0 saturated carbocycles. The first-order valence-corrected chi connectivity index (χ1v) is 10.2. The van der Waals surface area contributed by atoms with Crippen LogP contribution in [-0.4, -0.2) is 45.2 Å². The van der Waals surface area contributed by atoms with Crippen LogP contribution < -0.4 is 0 Å². The molecule has 0 radical (unpaired) electrons. The maximum absolute atomic E-state index is 13.1. The number of nitrogens with zero attached hydrogens (tertiary/aromatic N) is 3. The Hall–Kier alpha value is -2.73. The third-order valence-electron chi connectivity index (χ3n) is 5.77. The Morgan fingerprint density at radius 2 is 2.03 bits per heavy atom. The molecule has 1 atom stereocenters. The number of aliphatic hydroxyl groups excluding tert-OH is 1. The van der Waals surface area contributed by atoms with Gasteiger partial charge in [-0.1, -0.05) is 12.1 Å². The van der Waals surface area contributed by atoms with Crippen LogP contribution in [0, 0.1) is 11.7 Å². The summed E-state index contributed by atoms with van der Waals surface area (Å²) in [6.45, 7) is 2.09. The van der Waals surface area contributed by atoms with E-state index < -0.39 is 0 Å². The molecule has 1 unspecified atom stereocenters. The van der Waals surface area contributed by atoms with Gasteiger partial charge in [-0.2, -0.15) is 0 Å².